The third kappa shape index (κ3) is 5.20. The molecule has 0 spiro atoms. The molecule has 3 amide bonds. The van der Waals surface area contributed by atoms with Crippen LogP contribution in [0.1, 0.15) is 16.7 Å². The van der Waals surface area contributed by atoms with Gasteiger partial charge in [-0.2, -0.15) is 13.2 Å². The highest BCUT2D eigenvalue weighted by Gasteiger charge is 2.39. The molecule has 11 heteroatoms. The predicted molar refractivity (Wildman–Crippen MR) is 129 cm³/mol. The van der Waals surface area contributed by atoms with E-state index in [0.29, 0.717) is 50.2 Å². The highest BCUT2D eigenvalue weighted by Crippen LogP contribution is 2.34. The molecule has 0 bridgehead atoms. The minimum absolute atomic E-state index is 0.0420. The summed E-state index contributed by atoms with van der Waals surface area (Å²) in [5.74, 6) is -0.893. The fraction of sp³-hybridized carbons (Fsp3) is 0.269. The van der Waals surface area contributed by atoms with Crippen molar-refractivity contribution in [2.75, 3.05) is 30.3 Å². The Morgan fingerprint density at radius 2 is 1.78 bits per heavy atom. The van der Waals surface area contributed by atoms with Gasteiger partial charge in [0.25, 0.3) is 0 Å². The van der Waals surface area contributed by atoms with Gasteiger partial charge in [0.2, 0.25) is 5.91 Å². The molecule has 5 rings (SSSR count). The van der Waals surface area contributed by atoms with Gasteiger partial charge in [0.15, 0.2) is 0 Å². The zero-order valence-corrected chi connectivity index (χ0v) is 19.6. The molecule has 2 aromatic carbocycles. The van der Waals surface area contributed by atoms with E-state index in [1.165, 1.54) is 0 Å². The van der Waals surface area contributed by atoms with E-state index in [4.69, 9.17) is 0 Å². The van der Waals surface area contributed by atoms with E-state index in [2.05, 4.69) is 15.6 Å². The van der Waals surface area contributed by atoms with Crippen molar-refractivity contribution in [1.29, 1.82) is 0 Å². The minimum atomic E-state index is -4.62. The largest absolute Gasteiger partial charge is 0.416 e. The fourth-order valence-corrected chi connectivity index (χ4v) is 4.54. The number of nitrogens with one attached hydrogen (secondary N) is 2. The molecule has 192 valence electrons. The van der Waals surface area contributed by atoms with Gasteiger partial charge in [-0.1, -0.05) is 18.2 Å². The summed E-state index contributed by atoms with van der Waals surface area (Å²) in [6, 6.07) is 12.6. The summed E-state index contributed by atoms with van der Waals surface area (Å²) in [5.41, 5.74) is 1.24. The monoisotopic (exact) mass is 513 g/mol. The molecule has 0 aliphatic carbocycles. The minimum Gasteiger partial charge on any atom is -0.353 e. The van der Waals surface area contributed by atoms with Crippen molar-refractivity contribution >= 4 is 29.1 Å². The van der Waals surface area contributed by atoms with E-state index in [-0.39, 0.29) is 23.5 Å². The van der Waals surface area contributed by atoms with Gasteiger partial charge in [0.1, 0.15) is 11.6 Å². The van der Waals surface area contributed by atoms with Crippen molar-refractivity contribution < 1.29 is 27.2 Å². The number of urea groups is 1. The van der Waals surface area contributed by atoms with Crippen LogP contribution in [0.2, 0.25) is 0 Å². The molecule has 2 aliphatic heterocycles. The molecule has 2 N–H and O–H groups in total. The van der Waals surface area contributed by atoms with Crippen molar-refractivity contribution in [3.05, 3.63) is 83.3 Å². The zero-order valence-electron chi connectivity index (χ0n) is 19.6. The molecule has 0 atom stereocenters. The first-order chi connectivity index (χ1) is 17.7. The molecular weight excluding hydrogens is 490 g/mol. The standard InChI is InChI=1S/C26H23F4N5O2/c27-20-12-18(26(28,29)30)7-8-22(20)32-21-5-3-4-16-13-34(11-9-19(16)21)24(36)17-14-35(15-17)25(37)33-23-6-1-2-10-31-23/h1-8,10,12,17,32H,9,11,13-15H2,(H,31,33,37). The SMILES string of the molecule is O=C(Nc1ccccn1)N1CC(C(=O)N2CCc3c(cccc3Nc3ccc(C(F)(F)F)cc3F)C2)C1. The lowest BCUT2D eigenvalue weighted by molar-refractivity contribution is -0.140. The van der Waals surface area contributed by atoms with Gasteiger partial charge in [-0.25, -0.2) is 14.2 Å². The first kappa shape index (κ1) is 24.5. The zero-order chi connectivity index (χ0) is 26.2. The van der Waals surface area contributed by atoms with Crippen LogP contribution in [0.4, 0.5) is 39.5 Å². The average molecular weight is 513 g/mol. The maximum Gasteiger partial charge on any atom is 0.416 e. The predicted octanol–water partition coefficient (Wildman–Crippen LogP) is 5.03. The van der Waals surface area contributed by atoms with Crippen LogP contribution < -0.4 is 10.6 Å². The third-order valence-corrected chi connectivity index (χ3v) is 6.56. The number of hydrogen-bond donors (Lipinski definition) is 2. The van der Waals surface area contributed by atoms with Gasteiger partial charge in [0, 0.05) is 38.1 Å². The van der Waals surface area contributed by atoms with Crippen molar-refractivity contribution in [2.45, 2.75) is 19.1 Å². The van der Waals surface area contributed by atoms with E-state index < -0.39 is 17.6 Å². The van der Waals surface area contributed by atoms with Crippen LogP contribution in [0.5, 0.6) is 0 Å². The molecule has 0 unspecified atom stereocenters. The van der Waals surface area contributed by atoms with E-state index in [0.717, 1.165) is 23.3 Å². The average Bonchev–Trinajstić information content (AvgIpc) is 2.84. The summed E-state index contributed by atoms with van der Waals surface area (Å²) in [6.07, 6.45) is -2.54. The Morgan fingerprint density at radius 3 is 2.49 bits per heavy atom. The highest BCUT2D eigenvalue weighted by atomic mass is 19.4. The number of rotatable bonds is 4. The lowest BCUT2D eigenvalue weighted by Gasteiger charge is -2.41. The van der Waals surface area contributed by atoms with Crippen LogP contribution in [-0.2, 0) is 23.9 Å². The van der Waals surface area contributed by atoms with E-state index in [1.54, 1.807) is 46.3 Å². The van der Waals surface area contributed by atoms with Gasteiger partial charge in [-0.3, -0.25) is 10.1 Å². The Kier molecular flexibility index (Phi) is 6.45. The number of anilines is 3. The number of fused-ring (bicyclic) bond motifs is 1. The van der Waals surface area contributed by atoms with Crippen molar-refractivity contribution in [3.8, 4) is 0 Å². The van der Waals surface area contributed by atoms with Gasteiger partial charge in [0.05, 0.1) is 17.2 Å². The first-order valence-corrected chi connectivity index (χ1v) is 11.7. The number of carbonyl (C=O) groups excluding carboxylic acids is 2. The Bertz CT molecular complexity index is 1330. The number of aromatic nitrogens is 1. The topological polar surface area (TPSA) is 77.6 Å². The van der Waals surface area contributed by atoms with Crippen LogP contribution in [0.3, 0.4) is 0 Å². The molecule has 7 nitrogen and oxygen atoms in total. The van der Waals surface area contributed by atoms with Crippen LogP contribution in [0, 0.1) is 11.7 Å². The van der Waals surface area contributed by atoms with E-state index in [1.807, 2.05) is 6.07 Å². The highest BCUT2D eigenvalue weighted by molar-refractivity contribution is 5.91. The molecular formula is C26H23F4N5O2. The normalized spacial score (nSPS) is 15.6. The summed E-state index contributed by atoms with van der Waals surface area (Å²) in [7, 11) is 0. The molecule has 1 fully saturated rings. The van der Waals surface area contributed by atoms with Crippen molar-refractivity contribution in [1.82, 2.24) is 14.8 Å². The van der Waals surface area contributed by atoms with E-state index >= 15 is 0 Å². The first-order valence-electron chi connectivity index (χ1n) is 11.7. The van der Waals surface area contributed by atoms with Gasteiger partial charge in [-0.15, -0.1) is 0 Å². The number of alkyl halides is 3. The second-order valence-electron chi connectivity index (χ2n) is 9.02. The lowest BCUT2D eigenvalue weighted by Crippen LogP contribution is -2.57. The molecule has 3 heterocycles. The molecule has 3 aromatic rings. The molecule has 1 saturated heterocycles. The Balaban J connectivity index is 1.20. The van der Waals surface area contributed by atoms with Crippen LogP contribution in [0.15, 0.2) is 60.8 Å². The molecule has 0 saturated carbocycles. The lowest BCUT2D eigenvalue weighted by atomic mass is 9.94. The number of benzene rings is 2. The van der Waals surface area contributed by atoms with Gasteiger partial charge >= 0.3 is 12.2 Å². The van der Waals surface area contributed by atoms with Crippen LogP contribution >= 0.6 is 0 Å². The summed E-state index contributed by atoms with van der Waals surface area (Å²) in [5, 5.41) is 5.60. The number of pyridine rings is 1. The van der Waals surface area contributed by atoms with Gasteiger partial charge < -0.3 is 15.1 Å². The quantitative estimate of drug-likeness (QED) is 0.480. The maximum absolute atomic E-state index is 14.4. The third-order valence-electron chi connectivity index (χ3n) is 6.56. The second kappa shape index (κ2) is 9.72. The number of likely N-dealkylation sites (tertiary alicyclic amines) is 1. The summed E-state index contributed by atoms with van der Waals surface area (Å²) >= 11 is 0. The number of nitrogens with zero attached hydrogens (tertiary/aromatic N) is 3. The Hall–Kier alpha value is -4.15. The maximum atomic E-state index is 14.4. The number of hydrogen-bond acceptors (Lipinski definition) is 4. The molecule has 2 aliphatic rings. The van der Waals surface area contributed by atoms with Crippen molar-refractivity contribution in [2.24, 2.45) is 5.92 Å². The molecule has 1 aromatic heterocycles. The fourth-order valence-electron chi connectivity index (χ4n) is 4.54. The van der Waals surface area contributed by atoms with Crippen LogP contribution in [0.25, 0.3) is 0 Å². The summed E-state index contributed by atoms with van der Waals surface area (Å²) in [6.45, 7) is 1.43. The van der Waals surface area contributed by atoms with Crippen molar-refractivity contribution in [3.63, 3.8) is 0 Å². The Morgan fingerprint density at radius 1 is 0.973 bits per heavy atom. The number of carbonyl (C=O) groups is 2. The Labute approximate surface area is 210 Å². The van der Waals surface area contributed by atoms with E-state index in [9.17, 15) is 27.2 Å². The number of halogens is 4. The molecule has 0 radical (unpaired) electrons. The molecule has 37 heavy (non-hydrogen) atoms. The van der Waals surface area contributed by atoms with Crippen LogP contribution in [-0.4, -0.2) is 46.4 Å². The summed E-state index contributed by atoms with van der Waals surface area (Å²) in [4.78, 5) is 32.7. The smallest absolute Gasteiger partial charge is 0.353 e. The number of amides is 3. The second-order valence-corrected chi connectivity index (χ2v) is 9.02. The van der Waals surface area contributed by atoms with Gasteiger partial charge in [-0.05, 0) is 53.9 Å². The summed E-state index contributed by atoms with van der Waals surface area (Å²) < 4.78 is 52.9.